The van der Waals surface area contributed by atoms with Gasteiger partial charge in [0.1, 0.15) is 4.88 Å². The number of aromatic nitrogens is 3. The predicted octanol–water partition coefficient (Wildman–Crippen LogP) is 1.67. The molecule has 0 unspecified atom stereocenters. The minimum Gasteiger partial charge on any atom is -0.346 e. The van der Waals surface area contributed by atoms with Crippen LogP contribution in [0.15, 0.2) is 6.07 Å². The summed E-state index contributed by atoms with van der Waals surface area (Å²) in [6.07, 6.45) is 0.861. The molecule has 0 saturated heterocycles. The third-order valence-electron chi connectivity index (χ3n) is 3.50. The summed E-state index contributed by atoms with van der Waals surface area (Å²) in [4.78, 5) is 17.3. The molecule has 0 aliphatic carbocycles. The van der Waals surface area contributed by atoms with Crippen LogP contribution in [0.25, 0.3) is 0 Å². The van der Waals surface area contributed by atoms with Crippen LogP contribution in [-0.2, 0) is 26.1 Å². The maximum atomic E-state index is 12.2. The summed E-state index contributed by atoms with van der Waals surface area (Å²) in [5.41, 5.74) is 2.88. The fourth-order valence-electron chi connectivity index (χ4n) is 2.40. The molecule has 8 heteroatoms. The molecule has 0 atom stereocenters. The molecule has 22 heavy (non-hydrogen) atoms. The Morgan fingerprint density at radius 3 is 3.05 bits per heavy atom. The van der Waals surface area contributed by atoms with E-state index in [1.165, 1.54) is 17.0 Å². The van der Waals surface area contributed by atoms with Crippen LogP contribution in [0.4, 0.5) is 0 Å². The SMILES string of the molecule is CCc1nc(C)c(C(=O)NCc2cc3n(n2)CCNC3)s1.Cl. The number of thiazole rings is 1. The van der Waals surface area contributed by atoms with E-state index in [2.05, 4.69) is 20.7 Å². The van der Waals surface area contributed by atoms with Gasteiger partial charge in [-0.05, 0) is 19.4 Å². The standard InChI is InChI=1S/C14H19N5OS.ClH/c1-3-12-17-9(2)13(21-12)14(20)16-7-10-6-11-8-15-4-5-19(11)18-10;/h6,15H,3-5,7-8H2,1-2H3,(H,16,20);1H. The highest BCUT2D eigenvalue weighted by atomic mass is 35.5. The van der Waals surface area contributed by atoms with Gasteiger partial charge in [-0.15, -0.1) is 23.7 Å². The summed E-state index contributed by atoms with van der Waals surface area (Å²) < 4.78 is 2.01. The number of carbonyl (C=O) groups excluding carboxylic acids is 1. The van der Waals surface area contributed by atoms with Gasteiger partial charge in [-0.25, -0.2) is 4.98 Å². The summed E-state index contributed by atoms with van der Waals surface area (Å²) >= 11 is 1.47. The second-order valence-electron chi connectivity index (χ2n) is 5.09. The van der Waals surface area contributed by atoms with Crippen molar-refractivity contribution in [3.63, 3.8) is 0 Å². The van der Waals surface area contributed by atoms with Crippen molar-refractivity contribution in [1.29, 1.82) is 0 Å². The number of hydrogen-bond donors (Lipinski definition) is 2. The lowest BCUT2D eigenvalue weighted by Gasteiger charge is -2.13. The minimum atomic E-state index is -0.0613. The Bertz CT molecular complexity index is 643. The van der Waals surface area contributed by atoms with Crippen LogP contribution in [-0.4, -0.2) is 27.2 Å². The van der Waals surface area contributed by atoms with Crippen LogP contribution in [0, 0.1) is 6.92 Å². The van der Waals surface area contributed by atoms with Crippen molar-refractivity contribution in [1.82, 2.24) is 25.4 Å². The van der Waals surface area contributed by atoms with E-state index in [0.29, 0.717) is 11.4 Å². The molecular weight excluding hydrogens is 322 g/mol. The second-order valence-corrected chi connectivity index (χ2v) is 6.17. The van der Waals surface area contributed by atoms with Gasteiger partial charge < -0.3 is 10.6 Å². The largest absolute Gasteiger partial charge is 0.346 e. The molecule has 0 aromatic carbocycles. The van der Waals surface area contributed by atoms with Crippen molar-refractivity contribution in [2.45, 2.75) is 39.9 Å². The normalized spacial score (nSPS) is 13.4. The smallest absolute Gasteiger partial charge is 0.263 e. The van der Waals surface area contributed by atoms with Crippen molar-refractivity contribution < 1.29 is 4.79 Å². The Labute approximate surface area is 139 Å². The van der Waals surface area contributed by atoms with Crippen molar-refractivity contribution >= 4 is 29.7 Å². The zero-order chi connectivity index (χ0) is 14.8. The van der Waals surface area contributed by atoms with Gasteiger partial charge in [-0.3, -0.25) is 9.48 Å². The quantitative estimate of drug-likeness (QED) is 0.887. The molecule has 120 valence electrons. The number of carbonyl (C=O) groups is 1. The van der Waals surface area contributed by atoms with Crippen molar-refractivity contribution in [3.05, 3.63) is 33.0 Å². The first-order valence-corrected chi connectivity index (χ1v) is 8.00. The zero-order valence-electron chi connectivity index (χ0n) is 12.7. The highest BCUT2D eigenvalue weighted by Crippen LogP contribution is 2.18. The molecular formula is C14H20ClN5OS. The van der Waals surface area contributed by atoms with Gasteiger partial charge >= 0.3 is 0 Å². The number of fused-ring (bicyclic) bond motifs is 1. The Balaban J connectivity index is 0.00000176. The van der Waals surface area contributed by atoms with E-state index in [4.69, 9.17) is 0 Å². The Morgan fingerprint density at radius 1 is 1.55 bits per heavy atom. The Hall–Kier alpha value is -1.44. The van der Waals surface area contributed by atoms with E-state index in [1.54, 1.807) is 0 Å². The molecule has 3 rings (SSSR count). The molecule has 3 heterocycles. The van der Waals surface area contributed by atoms with Crippen LogP contribution in [0.3, 0.4) is 0 Å². The number of hydrogen-bond acceptors (Lipinski definition) is 5. The van der Waals surface area contributed by atoms with Crippen molar-refractivity contribution in [2.75, 3.05) is 6.54 Å². The third kappa shape index (κ3) is 3.48. The number of rotatable bonds is 4. The summed E-state index contributed by atoms with van der Waals surface area (Å²) in [6.45, 7) is 7.05. The predicted molar refractivity (Wildman–Crippen MR) is 88.6 cm³/mol. The highest BCUT2D eigenvalue weighted by Gasteiger charge is 2.16. The zero-order valence-corrected chi connectivity index (χ0v) is 14.3. The molecule has 0 saturated carbocycles. The average molecular weight is 342 g/mol. The van der Waals surface area contributed by atoms with E-state index >= 15 is 0 Å². The Kier molecular flexibility index (Phi) is 5.55. The molecule has 0 radical (unpaired) electrons. The van der Waals surface area contributed by atoms with Crippen LogP contribution in [0.1, 0.15) is 38.7 Å². The highest BCUT2D eigenvalue weighted by molar-refractivity contribution is 7.13. The van der Waals surface area contributed by atoms with E-state index in [9.17, 15) is 4.79 Å². The van der Waals surface area contributed by atoms with Crippen LogP contribution in [0.2, 0.25) is 0 Å². The molecule has 0 spiro atoms. The van der Waals surface area contributed by atoms with Gasteiger partial charge in [0.25, 0.3) is 5.91 Å². The molecule has 1 amide bonds. The van der Waals surface area contributed by atoms with Gasteiger partial charge in [0.2, 0.25) is 0 Å². The molecule has 1 aliphatic rings. The molecule has 0 bridgehead atoms. The number of amides is 1. The number of nitrogens with one attached hydrogen (secondary N) is 2. The molecule has 1 aliphatic heterocycles. The lowest BCUT2D eigenvalue weighted by molar-refractivity contribution is 0.0953. The average Bonchev–Trinajstić information content (AvgIpc) is 3.07. The topological polar surface area (TPSA) is 71.8 Å². The van der Waals surface area contributed by atoms with Gasteiger partial charge in [0, 0.05) is 13.1 Å². The summed E-state index contributed by atoms with van der Waals surface area (Å²) in [6, 6.07) is 2.05. The maximum absolute atomic E-state index is 12.2. The second kappa shape index (κ2) is 7.21. The fraction of sp³-hybridized carbons (Fsp3) is 0.500. The molecule has 2 aromatic heterocycles. The van der Waals surface area contributed by atoms with Gasteiger partial charge in [-0.2, -0.15) is 5.10 Å². The lowest BCUT2D eigenvalue weighted by atomic mass is 10.3. The Morgan fingerprint density at radius 2 is 2.36 bits per heavy atom. The van der Waals surface area contributed by atoms with E-state index in [0.717, 1.165) is 42.5 Å². The van der Waals surface area contributed by atoms with E-state index in [-0.39, 0.29) is 18.3 Å². The number of aryl methyl sites for hydroxylation is 2. The van der Waals surface area contributed by atoms with Crippen LogP contribution < -0.4 is 10.6 Å². The fourth-order valence-corrected chi connectivity index (χ4v) is 3.32. The van der Waals surface area contributed by atoms with Gasteiger partial charge in [-0.1, -0.05) is 6.92 Å². The van der Waals surface area contributed by atoms with E-state index in [1.807, 2.05) is 24.6 Å². The van der Waals surface area contributed by atoms with Crippen molar-refractivity contribution in [3.8, 4) is 0 Å². The monoisotopic (exact) mass is 341 g/mol. The summed E-state index contributed by atoms with van der Waals surface area (Å²) in [5.74, 6) is -0.0613. The maximum Gasteiger partial charge on any atom is 0.263 e. The number of halogens is 1. The molecule has 6 nitrogen and oxygen atoms in total. The lowest BCUT2D eigenvalue weighted by Crippen LogP contribution is -2.28. The first kappa shape index (κ1) is 16.9. The first-order valence-electron chi connectivity index (χ1n) is 7.18. The van der Waals surface area contributed by atoms with Crippen LogP contribution in [0.5, 0.6) is 0 Å². The molecule has 2 N–H and O–H groups in total. The van der Waals surface area contributed by atoms with Gasteiger partial charge in [0.15, 0.2) is 0 Å². The van der Waals surface area contributed by atoms with Crippen molar-refractivity contribution in [2.24, 2.45) is 0 Å². The van der Waals surface area contributed by atoms with Gasteiger partial charge in [0.05, 0.1) is 35.2 Å². The molecule has 2 aromatic rings. The van der Waals surface area contributed by atoms with E-state index < -0.39 is 0 Å². The summed E-state index contributed by atoms with van der Waals surface area (Å²) in [5, 5.41) is 11.8. The van der Waals surface area contributed by atoms with Crippen LogP contribution >= 0.6 is 23.7 Å². The number of nitrogens with zero attached hydrogens (tertiary/aromatic N) is 3. The first-order chi connectivity index (χ1) is 10.2. The third-order valence-corrected chi connectivity index (χ3v) is 4.80. The molecule has 0 fully saturated rings. The summed E-state index contributed by atoms with van der Waals surface area (Å²) in [7, 11) is 0. The minimum absolute atomic E-state index is 0.